The van der Waals surface area contributed by atoms with Crippen molar-refractivity contribution in [1.82, 2.24) is 0 Å². The number of amides is 1. The molecule has 2 aromatic rings. The Morgan fingerprint density at radius 3 is 2.41 bits per heavy atom. The molecular formula is C22H16N2O3S2. The van der Waals surface area contributed by atoms with E-state index in [1.54, 1.807) is 6.08 Å². The molecule has 0 aliphatic carbocycles. The van der Waals surface area contributed by atoms with E-state index in [1.807, 2.05) is 24.3 Å². The number of aromatic carboxylic acids is 1. The van der Waals surface area contributed by atoms with E-state index in [-0.39, 0.29) is 11.5 Å². The molecular weight excluding hydrogens is 404 g/mol. The van der Waals surface area contributed by atoms with Crippen molar-refractivity contribution in [1.29, 1.82) is 5.26 Å². The average molecular weight is 421 g/mol. The molecule has 1 heterocycles. The number of nitriles is 1. The summed E-state index contributed by atoms with van der Waals surface area (Å²) in [5.41, 5.74) is 3.03. The standard InChI is InChI=1S/C22H16N2O3S2/c1-2-14-3-5-15(6-4-14)11-16(13-23)12-19-20(25)24(22(28)29-19)18-9-7-17(8-10-18)21(26)27/h3-12H,2H2,1H3,(H,26,27)/b16-11-,19-12-. The van der Waals surface area contributed by atoms with E-state index < -0.39 is 5.97 Å². The van der Waals surface area contributed by atoms with Crippen molar-refractivity contribution in [2.45, 2.75) is 13.3 Å². The van der Waals surface area contributed by atoms with Gasteiger partial charge in [-0.15, -0.1) is 0 Å². The zero-order valence-corrected chi connectivity index (χ0v) is 17.1. The molecule has 1 aliphatic rings. The van der Waals surface area contributed by atoms with Crippen LogP contribution in [0.3, 0.4) is 0 Å². The number of nitrogens with zero attached hydrogens (tertiary/aromatic N) is 2. The van der Waals surface area contributed by atoms with Gasteiger partial charge < -0.3 is 5.11 Å². The molecule has 7 heteroatoms. The first-order valence-electron chi connectivity index (χ1n) is 8.75. The lowest BCUT2D eigenvalue weighted by atomic mass is 10.1. The molecule has 29 heavy (non-hydrogen) atoms. The summed E-state index contributed by atoms with van der Waals surface area (Å²) >= 11 is 6.42. The van der Waals surface area contributed by atoms with E-state index in [1.165, 1.54) is 40.8 Å². The first kappa shape index (κ1) is 20.5. The van der Waals surface area contributed by atoms with E-state index in [2.05, 4.69) is 13.0 Å². The van der Waals surface area contributed by atoms with E-state index in [0.717, 1.165) is 23.7 Å². The van der Waals surface area contributed by atoms with Crippen LogP contribution in [0.4, 0.5) is 5.69 Å². The second-order valence-electron chi connectivity index (χ2n) is 6.18. The maximum Gasteiger partial charge on any atom is 0.335 e. The smallest absolute Gasteiger partial charge is 0.335 e. The monoisotopic (exact) mass is 420 g/mol. The number of hydrogen-bond acceptors (Lipinski definition) is 5. The summed E-state index contributed by atoms with van der Waals surface area (Å²) in [4.78, 5) is 25.5. The van der Waals surface area contributed by atoms with Crippen LogP contribution in [-0.2, 0) is 11.2 Å². The molecule has 1 saturated heterocycles. The Morgan fingerprint density at radius 2 is 1.86 bits per heavy atom. The minimum absolute atomic E-state index is 0.124. The van der Waals surface area contributed by atoms with Crippen molar-refractivity contribution in [2.24, 2.45) is 0 Å². The van der Waals surface area contributed by atoms with Gasteiger partial charge in [-0.3, -0.25) is 9.69 Å². The van der Waals surface area contributed by atoms with E-state index in [0.29, 0.717) is 20.5 Å². The Balaban J connectivity index is 1.86. The molecule has 0 aromatic heterocycles. The summed E-state index contributed by atoms with van der Waals surface area (Å²) in [6.45, 7) is 2.07. The molecule has 1 aliphatic heterocycles. The molecule has 1 N–H and O–H groups in total. The van der Waals surface area contributed by atoms with Crippen LogP contribution in [0, 0.1) is 11.3 Å². The Morgan fingerprint density at radius 1 is 1.21 bits per heavy atom. The molecule has 144 valence electrons. The van der Waals surface area contributed by atoms with Gasteiger partial charge in [0, 0.05) is 0 Å². The number of thiocarbonyl (C=S) groups is 1. The summed E-state index contributed by atoms with van der Waals surface area (Å²) in [6.07, 6.45) is 4.18. The lowest BCUT2D eigenvalue weighted by Gasteiger charge is -2.14. The van der Waals surface area contributed by atoms with Crippen LogP contribution in [0.15, 0.2) is 65.1 Å². The number of carboxylic acid groups (broad SMARTS) is 1. The highest BCUT2D eigenvalue weighted by atomic mass is 32.2. The lowest BCUT2D eigenvalue weighted by molar-refractivity contribution is -0.113. The molecule has 0 radical (unpaired) electrons. The molecule has 5 nitrogen and oxygen atoms in total. The third-order valence-corrected chi connectivity index (χ3v) is 5.59. The maximum absolute atomic E-state index is 12.8. The predicted octanol–water partition coefficient (Wildman–Crippen LogP) is 4.80. The van der Waals surface area contributed by atoms with Crippen molar-refractivity contribution in [3.8, 4) is 6.07 Å². The van der Waals surface area contributed by atoms with Crippen LogP contribution in [0.5, 0.6) is 0 Å². The van der Waals surface area contributed by atoms with Gasteiger partial charge >= 0.3 is 5.97 Å². The summed E-state index contributed by atoms with van der Waals surface area (Å²) in [7, 11) is 0. The minimum Gasteiger partial charge on any atom is -0.478 e. The van der Waals surface area contributed by atoms with Crippen LogP contribution in [0.25, 0.3) is 6.08 Å². The highest BCUT2D eigenvalue weighted by molar-refractivity contribution is 8.27. The van der Waals surface area contributed by atoms with Gasteiger partial charge in [0.2, 0.25) is 0 Å². The van der Waals surface area contributed by atoms with Crippen molar-refractivity contribution < 1.29 is 14.7 Å². The normalized spacial score (nSPS) is 15.7. The highest BCUT2D eigenvalue weighted by Crippen LogP contribution is 2.35. The quantitative estimate of drug-likeness (QED) is 0.425. The van der Waals surface area contributed by atoms with E-state index in [9.17, 15) is 14.9 Å². The molecule has 0 atom stereocenters. The van der Waals surface area contributed by atoms with Crippen LogP contribution < -0.4 is 4.90 Å². The van der Waals surface area contributed by atoms with Gasteiger partial charge in [-0.1, -0.05) is 55.2 Å². The number of thioether (sulfide) groups is 1. The number of anilines is 1. The molecule has 0 spiro atoms. The second kappa shape index (κ2) is 8.86. The van der Waals surface area contributed by atoms with Gasteiger partial charge in [-0.05, 0) is 54.0 Å². The zero-order valence-electron chi connectivity index (χ0n) is 15.5. The van der Waals surface area contributed by atoms with Gasteiger partial charge in [-0.25, -0.2) is 4.79 Å². The second-order valence-corrected chi connectivity index (χ2v) is 7.85. The topological polar surface area (TPSA) is 81.4 Å². The van der Waals surface area contributed by atoms with E-state index in [4.69, 9.17) is 17.3 Å². The third kappa shape index (κ3) is 4.62. The average Bonchev–Trinajstić information content (AvgIpc) is 3.01. The highest BCUT2D eigenvalue weighted by Gasteiger charge is 2.33. The Labute approximate surface area is 178 Å². The minimum atomic E-state index is -1.04. The number of carbonyl (C=O) groups is 2. The fourth-order valence-electron chi connectivity index (χ4n) is 2.72. The fourth-order valence-corrected chi connectivity index (χ4v) is 4.01. The first-order valence-corrected chi connectivity index (χ1v) is 9.97. The largest absolute Gasteiger partial charge is 0.478 e. The van der Waals surface area contributed by atoms with Crippen LogP contribution in [0.1, 0.15) is 28.4 Å². The van der Waals surface area contributed by atoms with Crippen molar-refractivity contribution in [3.63, 3.8) is 0 Å². The number of allylic oxidation sites excluding steroid dienone is 2. The predicted molar refractivity (Wildman–Crippen MR) is 119 cm³/mol. The SMILES string of the molecule is CCc1ccc(/C=C(C#N)/C=C2\SC(=S)N(c3ccc(C(=O)O)cc3)C2=O)cc1. The Hall–Kier alpha value is -3.21. The van der Waals surface area contributed by atoms with Crippen LogP contribution in [-0.4, -0.2) is 21.3 Å². The molecule has 1 amide bonds. The summed E-state index contributed by atoms with van der Waals surface area (Å²) in [6, 6.07) is 15.9. The van der Waals surface area contributed by atoms with E-state index >= 15 is 0 Å². The van der Waals surface area contributed by atoms with Gasteiger partial charge in [0.25, 0.3) is 5.91 Å². The number of aryl methyl sites for hydroxylation is 1. The van der Waals surface area contributed by atoms with Crippen molar-refractivity contribution in [2.75, 3.05) is 4.90 Å². The molecule has 0 bridgehead atoms. The molecule has 1 fully saturated rings. The summed E-state index contributed by atoms with van der Waals surface area (Å²) in [5.74, 6) is -1.39. The Kier molecular flexibility index (Phi) is 6.27. The number of hydrogen-bond donors (Lipinski definition) is 1. The van der Waals surface area contributed by atoms with Crippen LogP contribution in [0.2, 0.25) is 0 Å². The fraction of sp³-hybridized carbons (Fsp3) is 0.0909. The number of benzene rings is 2. The van der Waals surface area contributed by atoms with Crippen molar-refractivity contribution >= 4 is 51.9 Å². The van der Waals surface area contributed by atoms with Gasteiger partial charge in [0.15, 0.2) is 4.32 Å². The lowest BCUT2D eigenvalue weighted by Crippen LogP contribution is -2.27. The zero-order chi connectivity index (χ0) is 21.0. The number of rotatable bonds is 5. The van der Waals surface area contributed by atoms with Crippen molar-refractivity contribution in [3.05, 3.63) is 81.8 Å². The first-order chi connectivity index (χ1) is 13.9. The Bertz CT molecular complexity index is 1080. The third-order valence-electron chi connectivity index (χ3n) is 4.29. The maximum atomic E-state index is 12.8. The van der Waals surface area contributed by atoms with Crippen LogP contribution >= 0.6 is 24.0 Å². The number of carbonyl (C=O) groups excluding carboxylic acids is 1. The van der Waals surface area contributed by atoms with Gasteiger partial charge in [-0.2, -0.15) is 5.26 Å². The van der Waals surface area contributed by atoms with Gasteiger partial charge in [0.1, 0.15) is 0 Å². The molecule has 3 rings (SSSR count). The summed E-state index contributed by atoms with van der Waals surface area (Å²) < 4.78 is 0.328. The number of carboxylic acids is 1. The van der Waals surface area contributed by atoms with Gasteiger partial charge in [0.05, 0.1) is 27.8 Å². The summed E-state index contributed by atoms with van der Waals surface area (Å²) in [5, 5.41) is 18.5. The molecule has 0 saturated carbocycles. The molecule has 2 aromatic carbocycles. The molecule has 0 unspecified atom stereocenters.